The fourth-order valence-electron chi connectivity index (χ4n) is 5.28. The smallest absolute Gasteiger partial charge is 0.413 e. The quantitative estimate of drug-likeness (QED) is 0.0764. The van der Waals surface area contributed by atoms with Crippen molar-refractivity contribution in [3.8, 4) is 16.8 Å². The van der Waals surface area contributed by atoms with Crippen LogP contribution >= 0.6 is 11.6 Å². The first-order chi connectivity index (χ1) is 22.6. The highest BCUT2D eigenvalue weighted by Crippen LogP contribution is 2.33. The molecule has 4 heterocycles. The van der Waals surface area contributed by atoms with Gasteiger partial charge in [-0.05, 0) is 72.2 Å². The molecule has 14 nitrogen and oxygen atoms in total. The molecule has 0 bridgehead atoms. The topological polar surface area (TPSA) is 177 Å². The maximum absolute atomic E-state index is 15.0. The lowest BCUT2D eigenvalue weighted by Crippen LogP contribution is -2.33. The summed E-state index contributed by atoms with van der Waals surface area (Å²) in [6, 6.07) is 9.34. The molecule has 3 aromatic heterocycles. The number of carbonyl (C=O) groups excluding carboxylic acids is 4. The molecule has 1 N–H and O–H groups in total. The van der Waals surface area contributed by atoms with Crippen molar-refractivity contribution in [1.29, 1.82) is 0 Å². The maximum Gasteiger partial charge on any atom is 0.413 e. The molecule has 4 aromatic rings. The molecule has 0 fully saturated rings. The Balaban J connectivity index is 1.39. The summed E-state index contributed by atoms with van der Waals surface area (Å²) < 4.78 is 27.5. The van der Waals surface area contributed by atoms with Gasteiger partial charge in [-0.1, -0.05) is 24.3 Å². The van der Waals surface area contributed by atoms with E-state index in [2.05, 4.69) is 32.4 Å². The number of pyridine rings is 2. The van der Waals surface area contributed by atoms with E-state index in [4.69, 9.17) is 21.1 Å². The molecule has 1 amide bonds. The van der Waals surface area contributed by atoms with Crippen LogP contribution in [0.2, 0.25) is 5.02 Å². The van der Waals surface area contributed by atoms with E-state index < -0.39 is 59.1 Å². The number of ketones is 2. The third-order valence-corrected chi connectivity index (χ3v) is 7.58. The summed E-state index contributed by atoms with van der Waals surface area (Å²) in [7, 11) is 0. The Hall–Kier alpha value is -5.57. The van der Waals surface area contributed by atoms with Crippen LogP contribution in [0.15, 0.2) is 66.2 Å². The van der Waals surface area contributed by atoms with E-state index in [0.29, 0.717) is 34.0 Å². The van der Waals surface area contributed by atoms with E-state index in [0.717, 1.165) is 12.1 Å². The van der Waals surface area contributed by atoms with Gasteiger partial charge in [0.2, 0.25) is 5.95 Å². The third-order valence-electron chi connectivity index (χ3n) is 7.34. The summed E-state index contributed by atoms with van der Waals surface area (Å²) >= 11 is 6.26. The number of fused-ring (bicyclic) bond motifs is 1. The van der Waals surface area contributed by atoms with Crippen LogP contribution in [0.1, 0.15) is 41.9 Å². The highest BCUT2D eigenvalue weighted by atomic mass is 35.5. The number of amides is 1. The zero-order chi connectivity index (χ0) is 33.7. The molecule has 2 atom stereocenters. The second-order valence-electron chi connectivity index (χ2n) is 10.3. The molecule has 0 saturated heterocycles. The molecule has 2 unspecified atom stereocenters. The van der Waals surface area contributed by atoms with Crippen LogP contribution in [0.4, 0.5) is 15.0 Å². The number of halogens is 2. The van der Waals surface area contributed by atoms with E-state index in [9.17, 15) is 28.4 Å². The summed E-state index contributed by atoms with van der Waals surface area (Å²) in [5, 5.41) is 13.9. The summed E-state index contributed by atoms with van der Waals surface area (Å²) in [6.45, 7) is 4.74. The van der Waals surface area contributed by atoms with Crippen LogP contribution in [0.3, 0.4) is 0 Å². The Morgan fingerprint density at radius 2 is 1.98 bits per heavy atom. The zero-order valence-corrected chi connectivity index (χ0v) is 25.6. The fourth-order valence-corrected chi connectivity index (χ4v) is 5.45. The van der Waals surface area contributed by atoms with E-state index in [-0.39, 0.29) is 25.5 Å². The molecule has 1 aromatic carbocycles. The number of aryl methyl sites for hydroxylation is 1. The number of carbonyl (C=O) groups is 4. The number of hydrogen-bond donors (Lipinski definition) is 1. The number of nitrogens with zero attached hydrogens (tertiary/aromatic N) is 6. The van der Waals surface area contributed by atoms with E-state index >= 15 is 0 Å². The number of aromatic nitrogens is 6. The normalized spacial score (nSPS) is 14.1. The first kappa shape index (κ1) is 32.8. The molecule has 16 heteroatoms. The van der Waals surface area contributed by atoms with Crippen molar-refractivity contribution < 1.29 is 33.0 Å². The number of Topliss-reactive ketones (excluding diaryl/α,β-unsaturated/α-hetero) is 2. The third kappa shape index (κ3) is 7.14. The molecule has 47 heavy (non-hydrogen) atoms. The first-order valence-corrected chi connectivity index (χ1v) is 14.7. The minimum absolute atomic E-state index is 0.0936. The van der Waals surface area contributed by atoms with Gasteiger partial charge in [0.1, 0.15) is 24.7 Å². The number of tetrazole rings is 1. The minimum Gasteiger partial charge on any atom is -0.465 e. The summed E-state index contributed by atoms with van der Waals surface area (Å²) in [4.78, 5) is 68.7. The number of hydrogen-bond acceptors (Lipinski definition) is 11. The number of benzene rings is 1. The van der Waals surface area contributed by atoms with E-state index in [1.165, 1.54) is 34.6 Å². The summed E-state index contributed by atoms with van der Waals surface area (Å²) in [5.41, 5.74) is 1.16. The van der Waals surface area contributed by atoms with Gasteiger partial charge in [-0.15, -0.1) is 5.10 Å². The average molecular weight is 664 g/mol. The van der Waals surface area contributed by atoms with Gasteiger partial charge in [0.05, 0.1) is 23.9 Å². The van der Waals surface area contributed by atoms with Crippen molar-refractivity contribution in [3.63, 3.8) is 0 Å². The molecular weight excluding hydrogens is 637 g/mol. The van der Waals surface area contributed by atoms with Crippen LogP contribution in [-0.4, -0.2) is 66.6 Å². The predicted octanol–water partition coefficient (Wildman–Crippen LogP) is 3.92. The van der Waals surface area contributed by atoms with Crippen molar-refractivity contribution >= 4 is 41.0 Å². The maximum atomic E-state index is 15.0. The molecule has 0 saturated carbocycles. The van der Waals surface area contributed by atoms with E-state index in [1.54, 1.807) is 24.3 Å². The lowest BCUT2D eigenvalue weighted by Gasteiger charge is -2.19. The van der Waals surface area contributed by atoms with Crippen LogP contribution in [0.5, 0.6) is 0 Å². The molecule has 5 rings (SSSR count). The van der Waals surface area contributed by atoms with Crippen molar-refractivity contribution in [2.45, 2.75) is 32.2 Å². The van der Waals surface area contributed by atoms with Crippen LogP contribution < -0.4 is 10.9 Å². The van der Waals surface area contributed by atoms with Crippen molar-refractivity contribution in [2.24, 2.45) is 5.92 Å². The Bertz CT molecular complexity index is 1930. The van der Waals surface area contributed by atoms with Crippen molar-refractivity contribution in [3.05, 3.63) is 94.0 Å². The van der Waals surface area contributed by atoms with Gasteiger partial charge in [0.15, 0.2) is 11.6 Å². The number of nitrogens with one attached hydrogen (secondary N) is 1. The van der Waals surface area contributed by atoms with Gasteiger partial charge in [-0.25, -0.2) is 9.78 Å². The van der Waals surface area contributed by atoms with Gasteiger partial charge in [-0.2, -0.15) is 9.07 Å². The van der Waals surface area contributed by atoms with Gasteiger partial charge >= 0.3 is 12.1 Å². The standard InChI is InChI=1S/C31H27ClFN7O7/c1-3-11-47-31(45)36-26-10-7-20(29(33)35-26)28(43)22(30(44)46-4-2)15-25(41)24-9-6-19-12-17(13-27(42)40(19)24)21-14-18(32)5-8-23(21)39-16-34-37-38-39/h3,5,7-8,10,12-14,16,22,24H,1,4,6,9,11,15H2,2H3,(H,35,36,45). The SMILES string of the molecule is C=CCOC(=O)Nc1ccc(C(=O)C(CC(=O)C2CCc3cc(-c4cc(Cl)ccc4-n4cnnn4)cc(=O)n32)C(=O)OCC)c(F)n1. The second-order valence-corrected chi connectivity index (χ2v) is 10.7. The van der Waals surface area contributed by atoms with Crippen LogP contribution in [0, 0.1) is 11.9 Å². The predicted molar refractivity (Wildman–Crippen MR) is 165 cm³/mol. The number of ether oxygens (including phenoxy) is 2. The highest BCUT2D eigenvalue weighted by Gasteiger charge is 2.38. The Kier molecular flexibility index (Phi) is 9.94. The molecule has 0 spiro atoms. The highest BCUT2D eigenvalue weighted by molar-refractivity contribution is 6.31. The number of anilines is 1. The molecule has 0 aliphatic carbocycles. The molecule has 1 aliphatic rings. The van der Waals surface area contributed by atoms with Gasteiger partial charge in [0.25, 0.3) is 5.56 Å². The second kappa shape index (κ2) is 14.2. The van der Waals surface area contributed by atoms with Crippen LogP contribution in [0.25, 0.3) is 16.8 Å². The Morgan fingerprint density at radius 3 is 2.68 bits per heavy atom. The first-order valence-electron chi connectivity index (χ1n) is 14.3. The molecule has 1 aliphatic heterocycles. The summed E-state index contributed by atoms with van der Waals surface area (Å²) in [5.74, 6) is -5.90. The lowest BCUT2D eigenvalue weighted by atomic mass is 9.90. The van der Waals surface area contributed by atoms with E-state index in [1.807, 2.05) is 0 Å². The van der Waals surface area contributed by atoms with Crippen molar-refractivity contribution in [2.75, 3.05) is 18.5 Å². The largest absolute Gasteiger partial charge is 0.465 e. The average Bonchev–Trinajstić information content (AvgIpc) is 3.73. The Morgan fingerprint density at radius 1 is 1.17 bits per heavy atom. The van der Waals surface area contributed by atoms with Crippen molar-refractivity contribution in [1.82, 2.24) is 29.8 Å². The fraction of sp³-hybridized carbons (Fsp3) is 0.258. The van der Waals surface area contributed by atoms with Gasteiger partial charge in [0, 0.05) is 28.8 Å². The number of rotatable bonds is 12. The number of esters is 1. The zero-order valence-electron chi connectivity index (χ0n) is 24.9. The molecule has 242 valence electrons. The molecule has 0 radical (unpaired) electrons. The van der Waals surface area contributed by atoms with Gasteiger partial charge < -0.3 is 14.0 Å². The monoisotopic (exact) mass is 663 g/mol. The minimum atomic E-state index is -1.71. The molecular formula is C31H27ClFN7O7. The van der Waals surface area contributed by atoms with Crippen LogP contribution in [-0.2, 0) is 25.5 Å². The summed E-state index contributed by atoms with van der Waals surface area (Å²) in [6.07, 6.45) is 1.74. The van der Waals surface area contributed by atoms with Gasteiger partial charge in [-0.3, -0.25) is 24.5 Å². The Labute approximate surface area is 271 Å². The lowest BCUT2D eigenvalue weighted by molar-refractivity contribution is -0.148.